The molecule has 0 atom stereocenters. The van der Waals surface area contributed by atoms with Crippen molar-refractivity contribution in [2.75, 3.05) is 0 Å². The van der Waals surface area contributed by atoms with E-state index >= 15 is 0 Å². The molecular formula is C4H4N2O2. The molecule has 1 N–H and O–H groups in total. The summed E-state index contributed by atoms with van der Waals surface area (Å²) in [7, 11) is 0. The fourth-order valence-corrected chi connectivity index (χ4v) is 0.461. The molecule has 0 fully saturated rings. The molecule has 4 heteroatoms. The van der Waals surface area contributed by atoms with E-state index in [1.807, 2.05) is 0 Å². The Labute approximate surface area is 46.3 Å². The van der Waals surface area contributed by atoms with E-state index in [0.29, 0.717) is 6.42 Å². The molecule has 4 nitrogen and oxygen atoms in total. The van der Waals surface area contributed by atoms with Gasteiger partial charge in [0.1, 0.15) is 0 Å². The van der Waals surface area contributed by atoms with E-state index in [0.717, 1.165) is 0 Å². The van der Waals surface area contributed by atoms with Crippen molar-refractivity contribution in [3.8, 4) is 0 Å². The summed E-state index contributed by atoms with van der Waals surface area (Å²) in [6.45, 7) is 2.57. The molecule has 0 saturated heterocycles. The second-order valence-electron chi connectivity index (χ2n) is 1.35. The molecule has 0 aromatic heterocycles. The zero-order valence-corrected chi connectivity index (χ0v) is 4.05. The molecule has 8 heavy (non-hydrogen) atoms. The van der Waals surface area contributed by atoms with Crippen molar-refractivity contribution in [1.29, 1.82) is 0 Å². The normalized spacial score (nSPS) is 17.2. The van der Waals surface area contributed by atoms with E-state index in [1.165, 1.54) is 6.08 Å². The van der Waals surface area contributed by atoms with Crippen LogP contribution in [0.5, 0.6) is 0 Å². The van der Waals surface area contributed by atoms with Gasteiger partial charge in [0.05, 0.1) is 0 Å². The topological polar surface area (TPSA) is 55.2 Å². The molecule has 0 amide bonds. The first kappa shape index (κ1) is 5.08. The van der Waals surface area contributed by atoms with Crippen molar-refractivity contribution in [3.63, 3.8) is 0 Å². The first-order valence-corrected chi connectivity index (χ1v) is 2.14. The van der Waals surface area contributed by atoms with Gasteiger partial charge in [-0.2, -0.15) is 0 Å². The molecule has 1 aliphatic rings. The molecule has 0 aromatic rings. The SMILES string of the molecule is O=[N+]([O-])C1=CC[C]N1. The molecule has 42 valence electrons. The van der Waals surface area contributed by atoms with Gasteiger partial charge in [0.25, 0.3) is 0 Å². The van der Waals surface area contributed by atoms with Crippen molar-refractivity contribution in [3.05, 3.63) is 28.6 Å². The summed E-state index contributed by atoms with van der Waals surface area (Å²) >= 11 is 0. The van der Waals surface area contributed by atoms with Crippen LogP contribution in [0, 0.1) is 16.7 Å². The lowest BCUT2D eigenvalue weighted by Crippen LogP contribution is -2.10. The van der Waals surface area contributed by atoms with Gasteiger partial charge >= 0.3 is 5.82 Å². The highest BCUT2D eigenvalue weighted by atomic mass is 16.6. The summed E-state index contributed by atoms with van der Waals surface area (Å²) in [5.41, 5.74) is 0. The highest BCUT2D eigenvalue weighted by Crippen LogP contribution is 2.03. The van der Waals surface area contributed by atoms with E-state index in [1.54, 1.807) is 0 Å². The second kappa shape index (κ2) is 1.81. The summed E-state index contributed by atoms with van der Waals surface area (Å²) in [5, 5.41) is 12.2. The number of nitro groups is 1. The number of nitrogens with one attached hydrogen (secondary N) is 1. The van der Waals surface area contributed by atoms with Gasteiger partial charge in [-0.3, -0.25) is 5.32 Å². The van der Waals surface area contributed by atoms with Crippen molar-refractivity contribution < 1.29 is 4.92 Å². The van der Waals surface area contributed by atoms with Crippen LogP contribution in [-0.4, -0.2) is 4.92 Å². The molecule has 1 aliphatic heterocycles. The summed E-state index contributed by atoms with van der Waals surface area (Å²) in [6, 6.07) is 0. The van der Waals surface area contributed by atoms with Gasteiger partial charge in [0, 0.05) is 12.5 Å². The molecular weight excluding hydrogens is 108 g/mol. The Bertz CT molecular complexity index is 141. The molecule has 2 radical (unpaired) electrons. The third-order valence-corrected chi connectivity index (χ3v) is 0.811. The van der Waals surface area contributed by atoms with Crippen LogP contribution >= 0.6 is 0 Å². The van der Waals surface area contributed by atoms with Gasteiger partial charge in [-0.25, -0.2) is 0 Å². The Balaban J connectivity index is 2.57. The maximum atomic E-state index is 9.84. The minimum absolute atomic E-state index is 0.0324. The average Bonchev–Trinajstić information content (AvgIpc) is 2.12. The van der Waals surface area contributed by atoms with Crippen LogP contribution in [0.15, 0.2) is 11.9 Å². The third-order valence-electron chi connectivity index (χ3n) is 0.811. The minimum Gasteiger partial charge on any atom is -0.358 e. The fourth-order valence-electron chi connectivity index (χ4n) is 0.461. The van der Waals surface area contributed by atoms with E-state index in [9.17, 15) is 10.1 Å². The summed E-state index contributed by atoms with van der Waals surface area (Å²) in [4.78, 5) is 9.36. The first-order chi connectivity index (χ1) is 3.80. The van der Waals surface area contributed by atoms with Crippen LogP contribution < -0.4 is 5.32 Å². The van der Waals surface area contributed by atoms with Crippen LogP contribution in [0.1, 0.15) is 6.42 Å². The second-order valence-corrected chi connectivity index (χ2v) is 1.35. The quantitative estimate of drug-likeness (QED) is 0.387. The Morgan fingerprint density at radius 2 is 2.75 bits per heavy atom. The van der Waals surface area contributed by atoms with Gasteiger partial charge < -0.3 is 10.1 Å². The standard InChI is InChI=1S/C4H4N2O2/c7-6(8)4-2-1-3-5-4/h2,5H,1H2. The first-order valence-electron chi connectivity index (χ1n) is 2.14. The van der Waals surface area contributed by atoms with Gasteiger partial charge in [0.2, 0.25) is 6.54 Å². The van der Waals surface area contributed by atoms with Crippen molar-refractivity contribution >= 4 is 0 Å². The molecule has 1 heterocycles. The molecule has 0 aromatic carbocycles. The Kier molecular flexibility index (Phi) is 1.15. The van der Waals surface area contributed by atoms with Crippen LogP contribution in [0.3, 0.4) is 0 Å². The zero-order chi connectivity index (χ0) is 5.98. The van der Waals surface area contributed by atoms with Gasteiger partial charge in [0.15, 0.2) is 0 Å². The molecule has 0 spiro atoms. The van der Waals surface area contributed by atoms with Crippen LogP contribution in [0.2, 0.25) is 0 Å². The monoisotopic (exact) mass is 112 g/mol. The van der Waals surface area contributed by atoms with E-state index in [-0.39, 0.29) is 5.82 Å². The Morgan fingerprint density at radius 3 is 3.00 bits per heavy atom. The summed E-state index contributed by atoms with van der Waals surface area (Å²) < 4.78 is 0. The summed E-state index contributed by atoms with van der Waals surface area (Å²) in [6.07, 6.45) is 2.00. The number of nitrogens with zero attached hydrogens (tertiary/aromatic N) is 1. The van der Waals surface area contributed by atoms with E-state index in [4.69, 9.17) is 0 Å². The van der Waals surface area contributed by atoms with Gasteiger partial charge in [-0.05, 0) is 4.92 Å². The smallest absolute Gasteiger partial charge is 0.313 e. The average molecular weight is 112 g/mol. The molecule has 0 bridgehead atoms. The lowest BCUT2D eigenvalue weighted by atomic mass is 10.5. The van der Waals surface area contributed by atoms with Crippen LogP contribution in [0.25, 0.3) is 0 Å². The summed E-state index contributed by atoms with van der Waals surface area (Å²) in [5.74, 6) is 0.0324. The predicted octanol–water partition coefficient (Wildman–Crippen LogP) is 0.137. The highest BCUT2D eigenvalue weighted by molar-refractivity contribution is 5.01. The van der Waals surface area contributed by atoms with Crippen molar-refractivity contribution in [2.24, 2.45) is 0 Å². The van der Waals surface area contributed by atoms with Gasteiger partial charge in [-0.15, -0.1) is 0 Å². The number of hydrogen-bond donors (Lipinski definition) is 1. The molecule has 0 saturated carbocycles. The maximum absolute atomic E-state index is 9.84. The Morgan fingerprint density at radius 1 is 2.00 bits per heavy atom. The largest absolute Gasteiger partial charge is 0.358 e. The predicted molar refractivity (Wildman–Crippen MR) is 26.1 cm³/mol. The van der Waals surface area contributed by atoms with E-state index in [2.05, 4.69) is 11.9 Å². The van der Waals surface area contributed by atoms with Crippen molar-refractivity contribution in [1.82, 2.24) is 5.32 Å². The molecule has 0 unspecified atom stereocenters. The third kappa shape index (κ3) is 0.776. The zero-order valence-electron chi connectivity index (χ0n) is 4.05. The van der Waals surface area contributed by atoms with E-state index < -0.39 is 4.92 Å². The van der Waals surface area contributed by atoms with Crippen LogP contribution in [0.4, 0.5) is 0 Å². The van der Waals surface area contributed by atoms with Crippen molar-refractivity contribution in [2.45, 2.75) is 6.42 Å². The molecule has 1 rings (SSSR count). The Hall–Kier alpha value is -1.06. The lowest BCUT2D eigenvalue weighted by Gasteiger charge is -1.90. The van der Waals surface area contributed by atoms with Gasteiger partial charge in [-0.1, -0.05) is 0 Å². The minimum atomic E-state index is -0.472. The lowest BCUT2D eigenvalue weighted by molar-refractivity contribution is -0.430. The maximum Gasteiger partial charge on any atom is 0.313 e. The number of hydrogen-bond acceptors (Lipinski definition) is 3. The molecule has 0 aliphatic carbocycles. The van der Waals surface area contributed by atoms with Crippen LogP contribution in [-0.2, 0) is 0 Å². The number of rotatable bonds is 1. The highest BCUT2D eigenvalue weighted by Gasteiger charge is 2.13. The fraction of sp³-hybridized carbons (Fsp3) is 0.250.